The number of nitrogens with one attached hydrogen (secondary N) is 1. The van der Waals surface area contributed by atoms with E-state index in [4.69, 9.17) is 0 Å². The van der Waals surface area contributed by atoms with Crippen LogP contribution < -0.4 is 5.32 Å². The fourth-order valence-electron chi connectivity index (χ4n) is 3.94. The summed E-state index contributed by atoms with van der Waals surface area (Å²) in [6.45, 7) is 11.3. The molecule has 1 aliphatic rings. The highest BCUT2D eigenvalue weighted by Crippen LogP contribution is 2.30. The molecule has 1 aromatic heterocycles. The monoisotopic (exact) mass is 263 g/mol. The van der Waals surface area contributed by atoms with Crippen molar-refractivity contribution in [2.45, 2.75) is 66.0 Å². The van der Waals surface area contributed by atoms with Gasteiger partial charge in [-0.2, -0.15) is 5.10 Å². The van der Waals surface area contributed by atoms with E-state index in [9.17, 15) is 0 Å². The van der Waals surface area contributed by atoms with Gasteiger partial charge in [-0.1, -0.05) is 13.8 Å². The van der Waals surface area contributed by atoms with Crippen molar-refractivity contribution in [3.8, 4) is 0 Å². The molecule has 108 valence electrons. The van der Waals surface area contributed by atoms with E-state index < -0.39 is 0 Å². The number of rotatable bonds is 3. The normalized spacial score (nSPS) is 29.5. The Morgan fingerprint density at radius 3 is 2.21 bits per heavy atom. The molecule has 1 fully saturated rings. The highest BCUT2D eigenvalue weighted by Gasteiger charge is 2.26. The van der Waals surface area contributed by atoms with Crippen molar-refractivity contribution in [2.75, 3.05) is 0 Å². The van der Waals surface area contributed by atoms with Crippen molar-refractivity contribution in [3.63, 3.8) is 0 Å². The fraction of sp³-hybridized carbons (Fsp3) is 0.812. The van der Waals surface area contributed by atoms with Gasteiger partial charge in [-0.05, 0) is 51.9 Å². The minimum Gasteiger partial charge on any atom is -0.307 e. The molecule has 1 heterocycles. The van der Waals surface area contributed by atoms with Crippen molar-refractivity contribution >= 4 is 0 Å². The molecular weight excluding hydrogens is 234 g/mol. The topological polar surface area (TPSA) is 29.9 Å². The van der Waals surface area contributed by atoms with Crippen LogP contribution in [0.1, 0.15) is 63.0 Å². The third-order valence-corrected chi connectivity index (χ3v) is 4.66. The largest absolute Gasteiger partial charge is 0.307 e. The van der Waals surface area contributed by atoms with Gasteiger partial charge in [0.2, 0.25) is 0 Å². The van der Waals surface area contributed by atoms with E-state index in [2.05, 4.69) is 45.0 Å². The maximum Gasteiger partial charge on any atom is 0.0644 e. The Hall–Kier alpha value is -0.830. The zero-order valence-corrected chi connectivity index (χ0v) is 13.3. The first-order chi connectivity index (χ1) is 8.88. The Morgan fingerprint density at radius 1 is 1.16 bits per heavy atom. The number of aromatic nitrogens is 2. The summed E-state index contributed by atoms with van der Waals surface area (Å²) in [4.78, 5) is 0. The molecule has 0 aliphatic heterocycles. The lowest BCUT2D eigenvalue weighted by Gasteiger charge is -2.34. The van der Waals surface area contributed by atoms with Crippen LogP contribution in [0.25, 0.3) is 0 Å². The lowest BCUT2D eigenvalue weighted by molar-refractivity contribution is 0.228. The maximum atomic E-state index is 4.53. The van der Waals surface area contributed by atoms with Gasteiger partial charge in [0.15, 0.2) is 0 Å². The molecular formula is C16H29N3. The highest BCUT2D eigenvalue weighted by atomic mass is 15.3. The summed E-state index contributed by atoms with van der Waals surface area (Å²) >= 11 is 0. The Bertz CT molecular complexity index is 425. The zero-order valence-electron chi connectivity index (χ0n) is 13.3. The molecule has 3 heteroatoms. The maximum absolute atomic E-state index is 4.53. The number of aryl methyl sites for hydroxylation is 2. The van der Waals surface area contributed by atoms with Crippen LogP contribution in [0.5, 0.6) is 0 Å². The summed E-state index contributed by atoms with van der Waals surface area (Å²) in [5, 5.41) is 8.37. The van der Waals surface area contributed by atoms with Crippen LogP contribution in [0.3, 0.4) is 0 Å². The van der Waals surface area contributed by atoms with Gasteiger partial charge in [-0.15, -0.1) is 0 Å². The Labute approximate surface area is 117 Å². The van der Waals surface area contributed by atoms with E-state index in [0.717, 1.165) is 17.5 Å². The van der Waals surface area contributed by atoms with E-state index in [1.54, 1.807) is 0 Å². The lowest BCUT2D eigenvalue weighted by Crippen LogP contribution is -2.38. The number of nitrogens with zero attached hydrogens (tertiary/aromatic N) is 2. The van der Waals surface area contributed by atoms with Crippen LogP contribution in [0.15, 0.2) is 0 Å². The molecule has 1 aromatic rings. The Morgan fingerprint density at radius 2 is 1.74 bits per heavy atom. The molecule has 1 saturated carbocycles. The third-order valence-electron chi connectivity index (χ3n) is 4.66. The van der Waals surface area contributed by atoms with Crippen LogP contribution in [0.2, 0.25) is 0 Å². The summed E-state index contributed by atoms with van der Waals surface area (Å²) in [5.41, 5.74) is 3.83. The van der Waals surface area contributed by atoms with Gasteiger partial charge in [0.1, 0.15) is 0 Å². The summed E-state index contributed by atoms with van der Waals surface area (Å²) in [6, 6.07) is 1.06. The van der Waals surface area contributed by atoms with E-state index in [1.807, 2.05) is 11.7 Å². The molecule has 3 unspecified atom stereocenters. The van der Waals surface area contributed by atoms with Gasteiger partial charge >= 0.3 is 0 Å². The van der Waals surface area contributed by atoms with Crippen molar-refractivity contribution in [1.82, 2.24) is 15.1 Å². The first-order valence-electron chi connectivity index (χ1n) is 7.64. The van der Waals surface area contributed by atoms with Crippen LogP contribution in [-0.2, 0) is 7.05 Å². The smallest absolute Gasteiger partial charge is 0.0644 e. The summed E-state index contributed by atoms with van der Waals surface area (Å²) in [6.07, 6.45) is 4.01. The van der Waals surface area contributed by atoms with Crippen molar-refractivity contribution < 1.29 is 0 Å². The first-order valence-corrected chi connectivity index (χ1v) is 7.64. The van der Waals surface area contributed by atoms with Gasteiger partial charge in [-0.25, -0.2) is 0 Å². The van der Waals surface area contributed by atoms with Crippen molar-refractivity contribution in [2.24, 2.45) is 18.9 Å². The van der Waals surface area contributed by atoms with E-state index in [1.165, 1.54) is 30.5 Å². The second-order valence-electron chi connectivity index (χ2n) is 6.71. The zero-order chi connectivity index (χ0) is 14.2. The summed E-state index contributed by atoms with van der Waals surface area (Å²) in [5.74, 6) is 1.70. The molecule has 0 radical (unpaired) electrons. The fourth-order valence-corrected chi connectivity index (χ4v) is 3.94. The first kappa shape index (κ1) is 14.6. The molecule has 1 aliphatic carbocycles. The molecule has 0 amide bonds. The molecule has 0 bridgehead atoms. The molecule has 19 heavy (non-hydrogen) atoms. The standard InChI is InChI=1S/C16H29N3/c1-10-7-11(2)9-15(8-10)17-12(3)16-13(4)18-19(6)14(16)5/h10-12,15,17H,7-9H2,1-6H3. The van der Waals surface area contributed by atoms with Crippen molar-refractivity contribution in [3.05, 3.63) is 17.0 Å². The molecule has 2 rings (SSSR count). The minimum absolute atomic E-state index is 0.399. The van der Waals surface area contributed by atoms with Crippen LogP contribution >= 0.6 is 0 Å². The SMILES string of the molecule is Cc1nn(C)c(C)c1C(C)NC1CC(C)CC(C)C1. The van der Waals surface area contributed by atoms with Gasteiger partial charge in [-0.3, -0.25) is 4.68 Å². The predicted molar refractivity (Wildman–Crippen MR) is 80.2 cm³/mol. The molecule has 0 aromatic carbocycles. The Kier molecular flexibility index (Phi) is 4.34. The minimum atomic E-state index is 0.399. The third kappa shape index (κ3) is 3.19. The number of hydrogen-bond donors (Lipinski definition) is 1. The highest BCUT2D eigenvalue weighted by molar-refractivity contribution is 5.27. The van der Waals surface area contributed by atoms with Gasteiger partial charge in [0.05, 0.1) is 5.69 Å². The van der Waals surface area contributed by atoms with Gasteiger partial charge in [0.25, 0.3) is 0 Å². The molecule has 0 saturated heterocycles. The molecule has 3 nitrogen and oxygen atoms in total. The summed E-state index contributed by atoms with van der Waals surface area (Å²) in [7, 11) is 2.03. The average molecular weight is 263 g/mol. The Balaban J connectivity index is 2.06. The summed E-state index contributed by atoms with van der Waals surface area (Å²) < 4.78 is 2.00. The lowest BCUT2D eigenvalue weighted by atomic mass is 9.80. The number of hydrogen-bond acceptors (Lipinski definition) is 2. The van der Waals surface area contributed by atoms with E-state index in [0.29, 0.717) is 12.1 Å². The van der Waals surface area contributed by atoms with E-state index in [-0.39, 0.29) is 0 Å². The average Bonchev–Trinajstić information content (AvgIpc) is 2.51. The quantitative estimate of drug-likeness (QED) is 0.904. The second kappa shape index (κ2) is 5.66. The second-order valence-corrected chi connectivity index (χ2v) is 6.71. The molecule has 3 atom stereocenters. The van der Waals surface area contributed by atoms with Gasteiger partial charge < -0.3 is 5.32 Å². The van der Waals surface area contributed by atoms with E-state index >= 15 is 0 Å². The van der Waals surface area contributed by atoms with Crippen LogP contribution in [0.4, 0.5) is 0 Å². The van der Waals surface area contributed by atoms with Crippen LogP contribution in [-0.4, -0.2) is 15.8 Å². The molecule has 0 spiro atoms. The van der Waals surface area contributed by atoms with Gasteiger partial charge in [0, 0.05) is 30.4 Å². The predicted octanol–water partition coefficient (Wildman–Crippen LogP) is 3.51. The molecule has 1 N–H and O–H groups in total. The van der Waals surface area contributed by atoms with Crippen LogP contribution in [0, 0.1) is 25.7 Å². The van der Waals surface area contributed by atoms with Crippen molar-refractivity contribution in [1.29, 1.82) is 0 Å².